The number of ether oxygens (including phenoxy) is 1. The third-order valence-electron chi connectivity index (χ3n) is 4.35. The van der Waals surface area contributed by atoms with Gasteiger partial charge in [0.2, 0.25) is 0 Å². The van der Waals surface area contributed by atoms with Crippen LogP contribution in [0.5, 0.6) is 5.75 Å². The van der Waals surface area contributed by atoms with Gasteiger partial charge in [-0.3, -0.25) is 4.79 Å². The quantitative estimate of drug-likeness (QED) is 0.720. The number of benzene rings is 2. The molecule has 128 valence electrons. The summed E-state index contributed by atoms with van der Waals surface area (Å²) in [5, 5.41) is 4.49. The van der Waals surface area contributed by atoms with E-state index in [1.165, 1.54) is 0 Å². The number of anilines is 2. The Hall–Kier alpha value is -2.66. The van der Waals surface area contributed by atoms with Gasteiger partial charge in [-0.25, -0.2) is 0 Å². The van der Waals surface area contributed by atoms with Crippen LogP contribution in [-0.2, 0) is 0 Å². The predicted octanol–water partition coefficient (Wildman–Crippen LogP) is 4.29. The van der Waals surface area contributed by atoms with Gasteiger partial charge >= 0.3 is 0 Å². The van der Waals surface area contributed by atoms with Crippen LogP contribution < -0.4 is 15.0 Å². The molecule has 0 fully saturated rings. The smallest absolute Gasteiger partial charge is 0.272 e. The molecular weight excluding hydrogens is 338 g/mol. The van der Waals surface area contributed by atoms with E-state index in [9.17, 15) is 4.79 Å². The Balaban J connectivity index is 1.59. The van der Waals surface area contributed by atoms with Crippen molar-refractivity contribution in [3.05, 3.63) is 53.2 Å². The summed E-state index contributed by atoms with van der Waals surface area (Å²) >= 11 is 6.00. The average Bonchev–Trinajstić information content (AvgIpc) is 2.93. The van der Waals surface area contributed by atoms with Crippen LogP contribution in [0.1, 0.15) is 16.9 Å². The Bertz CT molecular complexity index is 951. The molecule has 1 aliphatic rings. The molecule has 2 N–H and O–H groups in total. The van der Waals surface area contributed by atoms with Gasteiger partial charge in [0.1, 0.15) is 11.4 Å². The molecule has 0 atom stereocenters. The number of amides is 1. The van der Waals surface area contributed by atoms with Crippen molar-refractivity contribution in [2.24, 2.45) is 0 Å². The number of fused-ring (bicyclic) bond motifs is 2. The summed E-state index contributed by atoms with van der Waals surface area (Å²) < 4.78 is 5.74. The minimum absolute atomic E-state index is 0.190. The predicted molar refractivity (Wildman–Crippen MR) is 101 cm³/mol. The van der Waals surface area contributed by atoms with E-state index in [1.807, 2.05) is 37.4 Å². The highest BCUT2D eigenvalue weighted by Crippen LogP contribution is 2.33. The number of hydrogen-bond acceptors (Lipinski definition) is 3. The van der Waals surface area contributed by atoms with E-state index in [0.29, 0.717) is 17.3 Å². The fourth-order valence-corrected chi connectivity index (χ4v) is 3.22. The number of nitrogens with zero attached hydrogens (tertiary/aromatic N) is 1. The van der Waals surface area contributed by atoms with Crippen molar-refractivity contribution in [2.45, 2.75) is 6.42 Å². The maximum absolute atomic E-state index is 12.6. The Morgan fingerprint density at radius 3 is 3.00 bits per heavy atom. The zero-order valence-electron chi connectivity index (χ0n) is 13.8. The number of aromatic amines is 1. The maximum atomic E-state index is 12.6. The van der Waals surface area contributed by atoms with Crippen molar-refractivity contribution >= 4 is 39.8 Å². The van der Waals surface area contributed by atoms with Crippen LogP contribution in [0.3, 0.4) is 0 Å². The fourth-order valence-electron chi connectivity index (χ4n) is 3.04. The minimum Gasteiger partial charge on any atom is -0.491 e. The lowest BCUT2D eigenvalue weighted by Crippen LogP contribution is -2.18. The summed E-state index contributed by atoms with van der Waals surface area (Å²) in [5.74, 6) is 0.655. The summed E-state index contributed by atoms with van der Waals surface area (Å²) in [6.45, 7) is 1.63. The van der Waals surface area contributed by atoms with E-state index in [2.05, 4.69) is 15.2 Å². The summed E-state index contributed by atoms with van der Waals surface area (Å²) in [7, 11) is 2.03. The first kappa shape index (κ1) is 15.8. The third-order valence-corrected chi connectivity index (χ3v) is 4.59. The Morgan fingerprint density at radius 1 is 1.24 bits per heavy atom. The molecule has 0 saturated heterocycles. The van der Waals surface area contributed by atoms with E-state index in [0.717, 1.165) is 41.0 Å². The molecule has 5 nitrogen and oxygen atoms in total. The molecule has 0 aliphatic carbocycles. The van der Waals surface area contributed by atoms with Crippen molar-refractivity contribution in [1.82, 2.24) is 4.98 Å². The molecule has 6 heteroatoms. The first-order valence-corrected chi connectivity index (χ1v) is 8.55. The number of rotatable bonds is 2. The molecule has 0 radical (unpaired) electrons. The van der Waals surface area contributed by atoms with Gasteiger partial charge in [-0.15, -0.1) is 0 Å². The molecule has 0 bridgehead atoms. The molecule has 1 amide bonds. The molecule has 0 saturated carbocycles. The van der Waals surface area contributed by atoms with Gasteiger partial charge in [0.25, 0.3) is 5.91 Å². The Morgan fingerprint density at radius 2 is 2.12 bits per heavy atom. The second kappa shape index (κ2) is 6.33. The summed E-state index contributed by atoms with van der Waals surface area (Å²) in [6, 6.07) is 13.0. The van der Waals surface area contributed by atoms with E-state index in [-0.39, 0.29) is 5.91 Å². The van der Waals surface area contributed by atoms with Crippen LogP contribution in [0.25, 0.3) is 10.9 Å². The molecule has 0 unspecified atom stereocenters. The second-order valence-corrected chi connectivity index (χ2v) is 6.61. The molecule has 1 aliphatic heterocycles. The van der Waals surface area contributed by atoms with Gasteiger partial charge in [-0.2, -0.15) is 0 Å². The third kappa shape index (κ3) is 3.15. The van der Waals surface area contributed by atoms with Gasteiger partial charge in [0, 0.05) is 35.2 Å². The number of nitrogens with one attached hydrogen (secondary N) is 2. The first-order chi connectivity index (χ1) is 12.1. The molecule has 4 rings (SSSR count). The number of aromatic nitrogens is 1. The Kier molecular flexibility index (Phi) is 4.01. The van der Waals surface area contributed by atoms with Crippen LogP contribution in [0.15, 0.2) is 42.5 Å². The van der Waals surface area contributed by atoms with E-state index in [4.69, 9.17) is 16.3 Å². The molecule has 1 aromatic heterocycles. The van der Waals surface area contributed by atoms with Crippen molar-refractivity contribution in [3.8, 4) is 5.75 Å². The lowest BCUT2D eigenvalue weighted by Gasteiger charge is -2.19. The van der Waals surface area contributed by atoms with Crippen LogP contribution in [-0.4, -0.2) is 31.1 Å². The standard InChI is InChI=1S/C19H18ClN3O2/c1-23-7-2-8-25-18-6-4-14(11-17(18)23)21-19(24)16-10-12-9-13(20)3-5-15(12)22-16/h3-6,9-11,22H,2,7-8H2,1H3,(H,21,24). The SMILES string of the molecule is CN1CCCOc2ccc(NC(=O)c3cc4cc(Cl)ccc4[nH]3)cc21. The van der Waals surface area contributed by atoms with Crippen molar-refractivity contribution < 1.29 is 9.53 Å². The molecule has 0 spiro atoms. The minimum atomic E-state index is -0.190. The maximum Gasteiger partial charge on any atom is 0.272 e. The van der Waals surface area contributed by atoms with Gasteiger partial charge in [0.05, 0.1) is 12.3 Å². The Labute approximate surface area is 150 Å². The van der Waals surface area contributed by atoms with Crippen molar-refractivity contribution in [1.29, 1.82) is 0 Å². The van der Waals surface area contributed by atoms with E-state index < -0.39 is 0 Å². The normalized spacial score (nSPS) is 13.9. The summed E-state index contributed by atoms with van der Waals surface area (Å²) in [6.07, 6.45) is 0.977. The number of H-pyrrole nitrogens is 1. The average molecular weight is 356 g/mol. The molecule has 2 aromatic carbocycles. The van der Waals surface area contributed by atoms with Crippen molar-refractivity contribution in [2.75, 3.05) is 30.4 Å². The topological polar surface area (TPSA) is 57.4 Å². The number of carbonyl (C=O) groups is 1. The molecular formula is C19H18ClN3O2. The van der Waals surface area contributed by atoms with Gasteiger partial charge in [-0.1, -0.05) is 11.6 Å². The van der Waals surface area contributed by atoms with E-state index in [1.54, 1.807) is 12.1 Å². The highest BCUT2D eigenvalue weighted by Gasteiger charge is 2.15. The lowest BCUT2D eigenvalue weighted by molar-refractivity contribution is 0.102. The van der Waals surface area contributed by atoms with Crippen molar-refractivity contribution in [3.63, 3.8) is 0 Å². The highest BCUT2D eigenvalue weighted by molar-refractivity contribution is 6.31. The summed E-state index contributed by atoms with van der Waals surface area (Å²) in [5.41, 5.74) is 3.10. The second-order valence-electron chi connectivity index (χ2n) is 6.17. The molecule has 25 heavy (non-hydrogen) atoms. The zero-order valence-corrected chi connectivity index (χ0v) is 14.6. The zero-order chi connectivity index (χ0) is 17.4. The number of hydrogen-bond donors (Lipinski definition) is 2. The number of halogens is 1. The van der Waals surface area contributed by atoms with Gasteiger partial charge in [-0.05, 0) is 48.9 Å². The highest BCUT2D eigenvalue weighted by atomic mass is 35.5. The van der Waals surface area contributed by atoms with Gasteiger partial charge < -0.3 is 19.9 Å². The summed E-state index contributed by atoms with van der Waals surface area (Å²) in [4.78, 5) is 17.8. The lowest BCUT2D eigenvalue weighted by atomic mass is 10.2. The molecule has 3 aromatic rings. The van der Waals surface area contributed by atoms with Crippen LogP contribution >= 0.6 is 11.6 Å². The monoisotopic (exact) mass is 355 g/mol. The van der Waals surface area contributed by atoms with E-state index >= 15 is 0 Å². The van der Waals surface area contributed by atoms with Gasteiger partial charge in [0.15, 0.2) is 0 Å². The fraction of sp³-hybridized carbons (Fsp3) is 0.211. The largest absolute Gasteiger partial charge is 0.491 e. The first-order valence-electron chi connectivity index (χ1n) is 8.18. The van der Waals surface area contributed by atoms with Crippen LogP contribution in [0.2, 0.25) is 5.02 Å². The van der Waals surface area contributed by atoms with Crippen LogP contribution in [0, 0.1) is 0 Å². The van der Waals surface area contributed by atoms with Crippen LogP contribution in [0.4, 0.5) is 11.4 Å². The number of carbonyl (C=O) groups excluding carboxylic acids is 1. The molecule has 2 heterocycles.